The van der Waals surface area contributed by atoms with Gasteiger partial charge in [0.05, 0.1) is 6.61 Å². The average molecular weight is 247 g/mol. The second-order valence-electron chi connectivity index (χ2n) is 6.03. The Balaban J connectivity index is 2.21. The molecule has 3 nitrogen and oxygen atoms in total. The van der Waals surface area contributed by atoms with Crippen LogP contribution in [0.3, 0.4) is 0 Å². The predicted molar refractivity (Wildman–Crippen MR) is 68.4 cm³/mol. The van der Waals surface area contributed by atoms with Crippen LogP contribution in [0.4, 0.5) is 0 Å². The highest BCUT2D eigenvalue weighted by molar-refractivity contribution is 5.92. The van der Waals surface area contributed by atoms with Crippen LogP contribution in [-0.4, -0.2) is 12.6 Å². The van der Waals surface area contributed by atoms with Crippen LogP contribution in [0, 0.1) is 34.5 Å². The minimum Gasteiger partial charge on any atom is -0.462 e. The molecule has 0 N–H and O–H groups in total. The van der Waals surface area contributed by atoms with E-state index in [0.717, 1.165) is 5.92 Å². The van der Waals surface area contributed by atoms with Crippen molar-refractivity contribution in [2.75, 3.05) is 6.61 Å². The van der Waals surface area contributed by atoms with E-state index in [9.17, 15) is 4.79 Å². The zero-order valence-electron chi connectivity index (χ0n) is 11.4. The molecule has 0 aromatic carbocycles. The van der Waals surface area contributed by atoms with Crippen molar-refractivity contribution in [1.82, 2.24) is 0 Å². The number of hydrogen-bond donors (Lipinski definition) is 0. The second kappa shape index (κ2) is 4.76. The molecule has 2 saturated carbocycles. The largest absolute Gasteiger partial charge is 0.462 e. The summed E-state index contributed by atoms with van der Waals surface area (Å²) in [7, 11) is 0. The zero-order valence-corrected chi connectivity index (χ0v) is 11.4. The van der Waals surface area contributed by atoms with Crippen LogP contribution in [0.25, 0.3) is 0 Å². The molecule has 0 radical (unpaired) electrons. The summed E-state index contributed by atoms with van der Waals surface area (Å²) in [4.78, 5) is 11.7. The Morgan fingerprint density at radius 3 is 2.72 bits per heavy atom. The second-order valence-corrected chi connectivity index (χ2v) is 6.03. The highest BCUT2D eigenvalue weighted by Gasteiger charge is 2.51. The van der Waals surface area contributed by atoms with Crippen LogP contribution >= 0.6 is 0 Å². The molecule has 3 unspecified atom stereocenters. The minimum absolute atomic E-state index is 0.183. The van der Waals surface area contributed by atoms with Crippen molar-refractivity contribution in [3.63, 3.8) is 0 Å². The van der Waals surface area contributed by atoms with E-state index in [1.807, 2.05) is 12.1 Å². The first-order chi connectivity index (χ1) is 8.50. The predicted octanol–water partition coefficient (Wildman–Crippen LogP) is 3.07. The van der Waals surface area contributed by atoms with Gasteiger partial charge in [0.25, 0.3) is 0 Å². The standard InChI is InChI=1S/C15H21NO2/c1-4-18-14(17)11(9-16)8-13-10-5-6-12(7-10)15(13,2)3/h8,10,12-13H,4-7H2,1-3H3/b11-8-. The molecule has 2 aliphatic rings. The first kappa shape index (κ1) is 13.1. The number of carbonyl (C=O) groups is 1. The van der Waals surface area contributed by atoms with Crippen LogP contribution < -0.4 is 0 Å². The van der Waals surface area contributed by atoms with Gasteiger partial charge >= 0.3 is 5.97 Å². The molecule has 0 aromatic heterocycles. The van der Waals surface area contributed by atoms with Gasteiger partial charge in [0.1, 0.15) is 11.6 Å². The Hall–Kier alpha value is -1.30. The van der Waals surface area contributed by atoms with Gasteiger partial charge in [0.2, 0.25) is 0 Å². The first-order valence-electron chi connectivity index (χ1n) is 6.79. The molecule has 98 valence electrons. The van der Waals surface area contributed by atoms with Gasteiger partial charge in [-0.25, -0.2) is 4.79 Å². The molecular formula is C15H21NO2. The fraction of sp³-hybridized carbons (Fsp3) is 0.733. The monoisotopic (exact) mass is 247 g/mol. The number of nitriles is 1. The van der Waals surface area contributed by atoms with Gasteiger partial charge in [-0.3, -0.25) is 0 Å². The molecule has 0 heterocycles. The lowest BCUT2D eigenvalue weighted by Crippen LogP contribution is -2.30. The summed E-state index contributed by atoms with van der Waals surface area (Å²) in [6.45, 7) is 6.60. The summed E-state index contributed by atoms with van der Waals surface area (Å²) < 4.78 is 4.92. The maximum absolute atomic E-state index is 11.7. The Kier molecular flexibility index (Phi) is 3.47. The molecule has 0 saturated heterocycles. The Morgan fingerprint density at radius 1 is 1.50 bits per heavy atom. The fourth-order valence-corrected chi connectivity index (χ4v) is 3.79. The zero-order chi connectivity index (χ0) is 13.3. The maximum atomic E-state index is 11.7. The smallest absolute Gasteiger partial charge is 0.348 e. The molecular weight excluding hydrogens is 226 g/mol. The van der Waals surface area contributed by atoms with Gasteiger partial charge < -0.3 is 4.74 Å². The SMILES string of the molecule is CCOC(=O)/C(C#N)=C\C1C2CCC(C2)C1(C)C. The van der Waals surface area contributed by atoms with E-state index in [1.165, 1.54) is 19.3 Å². The third-order valence-corrected chi connectivity index (χ3v) is 4.85. The average Bonchev–Trinajstić information content (AvgIpc) is 2.86. The van der Waals surface area contributed by atoms with E-state index in [1.54, 1.807) is 6.92 Å². The third kappa shape index (κ3) is 2.05. The summed E-state index contributed by atoms with van der Waals surface area (Å²) in [5.41, 5.74) is 0.389. The normalized spacial score (nSPS) is 33.2. The molecule has 0 aromatic rings. The summed E-state index contributed by atoms with van der Waals surface area (Å²) in [6, 6.07) is 2.00. The lowest BCUT2D eigenvalue weighted by molar-refractivity contribution is -0.138. The van der Waals surface area contributed by atoms with Crippen LogP contribution in [-0.2, 0) is 9.53 Å². The number of esters is 1. The number of carbonyl (C=O) groups excluding carboxylic acids is 1. The van der Waals surface area contributed by atoms with Crippen molar-refractivity contribution in [2.45, 2.75) is 40.0 Å². The number of fused-ring (bicyclic) bond motifs is 2. The quantitative estimate of drug-likeness (QED) is 0.437. The molecule has 0 amide bonds. The number of nitrogens with zero attached hydrogens (tertiary/aromatic N) is 1. The van der Waals surface area contributed by atoms with Crippen molar-refractivity contribution in [3.05, 3.63) is 11.6 Å². The van der Waals surface area contributed by atoms with Gasteiger partial charge in [0.15, 0.2) is 0 Å². The van der Waals surface area contributed by atoms with Crippen LogP contribution in [0.15, 0.2) is 11.6 Å². The lowest BCUT2D eigenvalue weighted by Gasteiger charge is -2.36. The van der Waals surface area contributed by atoms with E-state index in [2.05, 4.69) is 13.8 Å². The molecule has 18 heavy (non-hydrogen) atoms. The number of rotatable bonds is 3. The highest BCUT2D eigenvalue weighted by Crippen LogP contribution is 2.59. The van der Waals surface area contributed by atoms with Crippen molar-refractivity contribution in [2.24, 2.45) is 23.2 Å². The number of allylic oxidation sites excluding steroid dienone is 1. The number of hydrogen-bond acceptors (Lipinski definition) is 3. The molecule has 2 fully saturated rings. The first-order valence-corrected chi connectivity index (χ1v) is 6.79. The topological polar surface area (TPSA) is 50.1 Å². The molecule has 3 atom stereocenters. The van der Waals surface area contributed by atoms with Gasteiger partial charge in [-0.05, 0) is 49.4 Å². The summed E-state index contributed by atoms with van der Waals surface area (Å²) in [5.74, 6) is 1.25. The van der Waals surface area contributed by atoms with E-state index >= 15 is 0 Å². The molecule has 2 aliphatic carbocycles. The Morgan fingerprint density at radius 2 is 2.22 bits per heavy atom. The van der Waals surface area contributed by atoms with Gasteiger partial charge in [0, 0.05) is 0 Å². The van der Waals surface area contributed by atoms with Crippen LogP contribution in [0.5, 0.6) is 0 Å². The van der Waals surface area contributed by atoms with Gasteiger partial charge in [-0.15, -0.1) is 0 Å². The van der Waals surface area contributed by atoms with Crippen LogP contribution in [0.1, 0.15) is 40.0 Å². The van der Waals surface area contributed by atoms with E-state index < -0.39 is 5.97 Å². The summed E-state index contributed by atoms with van der Waals surface area (Å²) in [5, 5.41) is 9.10. The van der Waals surface area contributed by atoms with E-state index in [0.29, 0.717) is 18.4 Å². The molecule has 0 aliphatic heterocycles. The van der Waals surface area contributed by atoms with Crippen molar-refractivity contribution in [1.29, 1.82) is 5.26 Å². The summed E-state index contributed by atoms with van der Waals surface area (Å²) >= 11 is 0. The molecule has 2 bridgehead atoms. The fourth-order valence-electron chi connectivity index (χ4n) is 3.79. The molecule has 0 spiro atoms. The van der Waals surface area contributed by atoms with Gasteiger partial charge in [-0.1, -0.05) is 19.9 Å². The third-order valence-electron chi connectivity index (χ3n) is 4.85. The summed E-state index contributed by atoms with van der Waals surface area (Å²) in [6.07, 6.45) is 5.65. The maximum Gasteiger partial charge on any atom is 0.348 e. The van der Waals surface area contributed by atoms with E-state index in [-0.39, 0.29) is 11.0 Å². The Bertz CT molecular complexity index is 417. The minimum atomic E-state index is -0.474. The van der Waals surface area contributed by atoms with Crippen LogP contribution in [0.2, 0.25) is 0 Å². The van der Waals surface area contributed by atoms with Crippen molar-refractivity contribution < 1.29 is 9.53 Å². The molecule has 3 heteroatoms. The number of ether oxygens (including phenoxy) is 1. The van der Waals surface area contributed by atoms with Crippen molar-refractivity contribution >= 4 is 5.97 Å². The molecule has 2 rings (SSSR count). The lowest BCUT2D eigenvalue weighted by atomic mass is 9.68. The highest BCUT2D eigenvalue weighted by atomic mass is 16.5. The Labute approximate surface area is 109 Å². The van der Waals surface area contributed by atoms with Crippen molar-refractivity contribution in [3.8, 4) is 6.07 Å². The van der Waals surface area contributed by atoms with E-state index in [4.69, 9.17) is 10.00 Å². The van der Waals surface area contributed by atoms with Gasteiger partial charge in [-0.2, -0.15) is 5.26 Å².